The molecule has 0 saturated heterocycles. The lowest BCUT2D eigenvalue weighted by Gasteiger charge is -2.25. The number of hydrogen-bond donors (Lipinski definition) is 5. The zero-order valence-corrected chi connectivity index (χ0v) is 15.8. The molecule has 2 rings (SSSR count). The minimum absolute atomic E-state index is 0.0811. The van der Waals surface area contributed by atoms with Crippen LogP contribution in [0.5, 0.6) is 0 Å². The Hall–Kier alpha value is -2.90. The van der Waals surface area contributed by atoms with Gasteiger partial charge in [-0.05, 0) is 24.5 Å². The number of carbonyl (C=O) groups excluding carboxylic acids is 1. The van der Waals surface area contributed by atoms with Gasteiger partial charge in [0.2, 0.25) is 5.91 Å². The van der Waals surface area contributed by atoms with Gasteiger partial charge in [-0.3, -0.25) is 4.79 Å². The van der Waals surface area contributed by atoms with E-state index in [4.69, 9.17) is 5.11 Å². The van der Waals surface area contributed by atoms with Crippen LogP contribution in [0.1, 0.15) is 18.1 Å². The van der Waals surface area contributed by atoms with Crippen LogP contribution in [-0.4, -0.2) is 46.9 Å². The third kappa shape index (κ3) is 7.38. The summed E-state index contributed by atoms with van der Waals surface area (Å²) in [6.07, 6.45) is -1.83. The average molecular weight is 385 g/mol. The van der Waals surface area contributed by atoms with Crippen molar-refractivity contribution in [3.63, 3.8) is 0 Å². The lowest BCUT2D eigenvalue weighted by atomic mass is 10.0. The molecule has 2 aromatic rings. The van der Waals surface area contributed by atoms with E-state index in [1.54, 1.807) is 6.92 Å². The smallest absolute Gasteiger partial charge is 0.404 e. The average Bonchev–Trinajstić information content (AvgIpc) is 2.70. The number of carbonyl (C=O) groups is 2. The second-order valence-electron chi connectivity index (χ2n) is 6.65. The van der Waals surface area contributed by atoms with Crippen LogP contribution in [-0.2, 0) is 17.8 Å². The van der Waals surface area contributed by atoms with Crippen molar-refractivity contribution in [1.82, 2.24) is 16.0 Å². The maximum Gasteiger partial charge on any atom is 0.404 e. The van der Waals surface area contributed by atoms with Gasteiger partial charge in [0.15, 0.2) is 0 Å². The van der Waals surface area contributed by atoms with E-state index in [0.717, 1.165) is 11.1 Å². The fourth-order valence-corrected chi connectivity index (χ4v) is 2.78. The molecule has 150 valence electrons. The van der Waals surface area contributed by atoms with Crippen molar-refractivity contribution < 1.29 is 19.8 Å². The molecule has 0 aliphatic rings. The van der Waals surface area contributed by atoms with Crippen LogP contribution >= 0.6 is 0 Å². The van der Waals surface area contributed by atoms with Crippen molar-refractivity contribution in [3.05, 3.63) is 71.8 Å². The molecule has 5 N–H and O–H groups in total. The number of carboxylic acid groups (broad SMARTS) is 1. The maximum atomic E-state index is 12.2. The Kier molecular flexibility index (Phi) is 8.45. The summed E-state index contributed by atoms with van der Waals surface area (Å²) in [7, 11) is 0. The molecule has 3 atom stereocenters. The van der Waals surface area contributed by atoms with E-state index in [1.807, 2.05) is 60.7 Å². The Morgan fingerprint density at radius 2 is 1.54 bits per heavy atom. The minimum Gasteiger partial charge on any atom is -0.465 e. The third-order valence-electron chi connectivity index (χ3n) is 4.41. The van der Waals surface area contributed by atoms with E-state index in [2.05, 4.69) is 16.0 Å². The normalized spacial score (nSPS) is 13.9. The number of aliphatic hydroxyl groups excluding tert-OH is 1. The van der Waals surface area contributed by atoms with Gasteiger partial charge >= 0.3 is 6.09 Å². The predicted octanol–water partition coefficient (Wildman–Crippen LogP) is 1.52. The quantitative estimate of drug-likeness (QED) is 0.426. The summed E-state index contributed by atoms with van der Waals surface area (Å²) in [6, 6.07) is 17.7. The highest BCUT2D eigenvalue weighted by atomic mass is 16.4. The predicted molar refractivity (Wildman–Crippen MR) is 107 cm³/mol. The summed E-state index contributed by atoms with van der Waals surface area (Å²) < 4.78 is 0. The number of benzene rings is 2. The lowest BCUT2D eigenvalue weighted by Crippen LogP contribution is -2.51. The molecular weight excluding hydrogens is 358 g/mol. The van der Waals surface area contributed by atoms with Gasteiger partial charge < -0.3 is 26.2 Å². The summed E-state index contributed by atoms with van der Waals surface area (Å²) in [5.74, 6) is -0.193. The summed E-state index contributed by atoms with van der Waals surface area (Å²) in [5, 5.41) is 27.6. The molecule has 0 aliphatic carbocycles. The Labute approximate surface area is 164 Å². The van der Waals surface area contributed by atoms with Crippen LogP contribution in [0.3, 0.4) is 0 Å². The first-order chi connectivity index (χ1) is 13.5. The maximum absolute atomic E-state index is 12.2. The van der Waals surface area contributed by atoms with E-state index in [0.29, 0.717) is 13.0 Å². The summed E-state index contributed by atoms with van der Waals surface area (Å²) >= 11 is 0. The van der Waals surface area contributed by atoms with Gasteiger partial charge in [-0.2, -0.15) is 0 Å². The van der Waals surface area contributed by atoms with Gasteiger partial charge in [-0.1, -0.05) is 60.7 Å². The second-order valence-corrected chi connectivity index (χ2v) is 6.65. The van der Waals surface area contributed by atoms with Crippen molar-refractivity contribution in [2.24, 2.45) is 0 Å². The fourth-order valence-electron chi connectivity index (χ4n) is 2.78. The van der Waals surface area contributed by atoms with Gasteiger partial charge in [-0.25, -0.2) is 4.79 Å². The number of nitrogens with one attached hydrogen (secondary N) is 3. The Balaban J connectivity index is 1.83. The fraction of sp³-hybridized carbons (Fsp3) is 0.333. The summed E-state index contributed by atoms with van der Waals surface area (Å²) in [5.41, 5.74) is 1.91. The van der Waals surface area contributed by atoms with Crippen LogP contribution in [0.2, 0.25) is 0 Å². The zero-order chi connectivity index (χ0) is 20.4. The highest BCUT2D eigenvalue weighted by molar-refractivity contribution is 5.81. The Morgan fingerprint density at radius 3 is 2.11 bits per heavy atom. The second kappa shape index (κ2) is 11.1. The molecule has 0 aromatic heterocycles. The molecule has 0 fully saturated rings. The van der Waals surface area contributed by atoms with Crippen LogP contribution in [0.4, 0.5) is 4.79 Å². The molecule has 2 aromatic carbocycles. The van der Waals surface area contributed by atoms with Crippen LogP contribution in [0, 0.1) is 0 Å². The lowest BCUT2D eigenvalue weighted by molar-refractivity contribution is -0.123. The molecule has 28 heavy (non-hydrogen) atoms. The van der Waals surface area contributed by atoms with Crippen LogP contribution < -0.4 is 16.0 Å². The van der Waals surface area contributed by atoms with Gasteiger partial charge in [-0.15, -0.1) is 0 Å². The summed E-state index contributed by atoms with van der Waals surface area (Å²) in [6.45, 7) is 2.20. The molecule has 0 bridgehead atoms. The number of rotatable bonds is 10. The van der Waals surface area contributed by atoms with Gasteiger partial charge in [0, 0.05) is 13.1 Å². The van der Waals surface area contributed by atoms with Gasteiger partial charge in [0.1, 0.15) is 0 Å². The van der Waals surface area contributed by atoms with Crippen LogP contribution in [0.25, 0.3) is 0 Å². The monoisotopic (exact) mass is 385 g/mol. The SMILES string of the molecule is C[C@H](NCC(O)C(Cc1ccccc1)NC(=O)O)C(=O)NCc1ccccc1. The molecule has 7 nitrogen and oxygen atoms in total. The Morgan fingerprint density at radius 1 is 0.964 bits per heavy atom. The molecule has 0 aliphatic heterocycles. The first kappa shape index (κ1) is 21.4. The van der Waals surface area contributed by atoms with Crippen molar-refractivity contribution in [2.45, 2.75) is 38.1 Å². The van der Waals surface area contributed by atoms with E-state index in [9.17, 15) is 14.7 Å². The topological polar surface area (TPSA) is 111 Å². The first-order valence-corrected chi connectivity index (χ1v) is 9.22. The van der Waals surface area contributed by atoms with E-state index in [1.165, 1.54) is 0 Å². The molecule has 0 heterocycles. The van der Waals surface area contributed by atoms with Crippen molar-refractivity contribution in [1.29, 1.82) is 0 Å². The molecule has 7 heteroatoms. The van der Waals surface area contributed by atoms with E-state index in [-0.39, 0.29) is 12.5 Å². The molecule has 2 amide bonds. The highest BCUT2D eigenvalue weighted by Crippen LogP contribution is 2.07. The molecule has 0 spiro atoms. The first-order valence-electron chi connectivity index (χ1n) is 9.22. The summed E-state index contributed by atoms with van der Waals surface area (Å²) in [4.78, 5) is 23.3. The Bertz CT molecular complexity index is 740. The third-order valence-corrected chi connectivity index (χ3v) is 4.41. The number of amides is 2. The van der Waals surface area contributed by atoms with Crippen molar-refractivity contribution in [2.75, 3.05) is 6.54 Å². The minimum atomic E-state index is -1.20. The molecular formula is C21H27N3O4. The number of hydrogen-bond acceptors (Lipinski definition) is 4. The number of aliphatic hydroxyl groups is 1. The molecule has 0 saturated carbocycles. The van der Waals surface area contributed by atoms with E-state index >= 15 is 0 Å². The standard InChI is InChI=1S/C21H27N3O4/c1-15(20(26)23-13-17-10-6-3-7-11-17)22-14-19(25)18(24-21(27)28)12-16-8-4-2-5-9-16/h2-11,15,18-19,22,24-25H,12-14H2,1H3,(H,23,26)(H,27,28)/t15-,18?,19?/m0/s1. The molecule has 2 unspecified atom stereocenters. The van der Waals surface area contributed by atoms with Crippen molar-refractivity contribution >= 4 is 12.0 Å². The van der Waals surface area contributed by atoms with Crippen molar-refractivity contribution in [3.8, 4) is 0 Å². The highest BCUT2D eigenvalue weighted by Gasteiger charge is 2.23. The zero-order valence-electron chi connectivity index (χ0n) is 15.8. The van der Waals surface area contributed by atoms with E-state index < -0.39 is 24.3 Å². The largest absolute Gasteiger partial charge is 0.465 e. The molecule has 0 radical (unpaired) electrons. The van der Waals surface area contributed by atoms with Gasteiger partial charge in [0.25, 0.3) is 0 Å². The van der Waals surface area contributed by atoms with Gasteiger partial charge in [0.05, 0.1) is 18.2 Å². The van der Waals surface area contributed by atoms with Crippen LogP contribution in [0.15, 0.2) is 60.7 Å².